The molecule has 2 rings (SSSR count). The van der Waals surface area contributed by atoms with E-state index in [1.54, 1.807) is 14.2 Å². The van der Waals surface area contributed by atoms with Crippen LogP contribution < -0.4 is 4.74 Å². The van der Waals surface area contributed by atoms with Crippen LogP contribution in [0.4, 0.5) is 0 Å². The third-order valence-corrected chi connectivity index (χ3v) is 3.93. The van der Waals surface area contributed by atoms with Gasteiger partial charge in [0.05, 0.1) is 12.7 Å². The molecular formula is C19H28N2O3. The molecule has 1 aromatic heterocycles. The van der Waals surface area contributed by atoms with Crippen molar-refractivity contribution in [3.8, 4) is 17.2 Å². The number of rotatable bonds is 4. The molecule has 1 heterocycles. The van der Waals surface area contributed by atoms with Gasteiger partial charge in [-0.1, -0.05) is 46.7 Å². The topological polar surface area (TPSA) is 57.4 Å². The minimum atomic E-state index is -0.0149. The third-order valence-electron chi connectivity index (χ3n) is 3.93. The second kappa shape index (κ2) is 6.55. The summed E-state index contributed by atoms with van der Waals surface area (Å²) in [6.07, 6.45) is 0. The predicted octanol–water partition coefficient (Wildman–Crippen LogP) is 4.49. The van der Waals surface area contributed by atoms with Crippen molar-refractivity contribution < 1.29 is 14.0 Å². The summed E-state index contributed by atoms with van der Waals surface area (Å²) in [7, 11) is 3.26. The van der Waals surface area contributed by atoms with Crippen molar-refractivity contribution >= 4 is 0 Å². The van der Waals surface area contributed by atoms with Crippen molar-refractivity contribution in [2.75, 3.05) is 14.2 Å². The van der Waals surface area contributed by atoms with Crippen LogP contribution >= 0.6 is 0 Å². The first-order valence-electron chi connectivity index (χ1n) is 8.13. The lowest BCUT2D eigenvalue weighted by Crippen LogP contribution is -2.22. The van der Waals surface area contributed by atoms with E-state index in [-0.39, 0.29) is 10.8 Å². The fourth-order valence-corrected chi connectivity index (χ4v) is 2.71. The lowest BCUT2D eigenvalue weighted by molar-refractivity contribution is 0.174. The number of benzene rings is 1. The average Bonchev–Trinajstić information content (AvgIpc) is 2.92. The minimum absolute atomic E-state index is 0.00444. The van der Waals surface area contributed by atoms with E-state index in [0.717, 1.165) is 11.3 Å². The monoisotopic (exact) mass is 332 g/mol. The molecule has 5 heteroatoms. The van der Waals surface area contributed by atoms with Crippen LogP contribution in [0.15, 0.2) is 16.7 Å². The lowest BCUT2D eigenvalue weighted by Gasteiger charge is -2.31. The Morgan fingerprint density at radius 3 is 2.04 bits per heavy atom. The molecule has 0 radical (unpaired) electrons. The van der Waals surface area contributed by atoms with Crippen molar-refractivity contribution in [2.24, 2.45) is 0 Å². The molecule has 132 valence electrons. The van der Waals surface area contributed by atoms with Crippen molar-refractivity contribution in [2.45, 2.75) is 59.0 Å². The van der Waals surface area contributed by atoms with Gasteiger partial charge >= 0.3 is 0 Å². The highest BCUT2D eigenvalue weighted by Crippen LogP contribution is 2.41. The first-order chi connectivity index (χ1) is 11.1. The van der Waals surface area contributed by atoms with Crippen LogP contribution in [0.1, 0.15) is 58.5 Å². The van der Waals surface area contributed by atoms with E-state index < -0.39 is 0 Å². The average molecular weight is 332 g/mol. The van der Waals surface area contributed by atoms with Gasteiger partial charge in [-0.3, -0.25) is 0 Å². The molecule has 0 N–H and O–H groups in total. The summed E-state index contributed by atoms with van der Waals surface area (Å²) in [4.78, 5) is 4.41. The fourth-order valence-electron chi connectivity index (χ4n) is 2.71. The molecule has 0 aliphatic rings. The summed E-state index contributed by atoms with van der Waals surface area (Å²) in [6.45, 7) is 13.6. The van der Waals surface area contributed by atoms with Gasteiger partial charge in [0.1, 0.15) is 12.4 Å². The molecule has 24 heavy (non-hydrogen) atoms. The molecule has 0 amide bonds. The van der Waals surface area contributed by atoms with E-state index in [4.69, 9.17) is 14.0 Å². The van der Waals surface area contributed by atoms with E-state index in [0.29, 0.717) is 18.3 Å². The SMILES string of the molecule is COCc1noc(-c2cc(C(C)(C)C)c(C(C)(C)C)cc2OC)n1. The third kappa shape index (κ3) is 3.78. The minimum Gasteiger partial charge on any atom is -0.496 e. The molecule has 0 atom stereocenters. The molecule has 0 bridgehead atoms. The Morgan fingerprint density at radius 1 is 0.958 bits per heavy atom. The van der Waals surface area contributed by atoms with Crippen molar-refractivity contribution in [3.05, 3.63) is 29.1 Å². The van der Waals surface area contributed by atoms with E-state index in [1.165, 1.54) is 11.1 Å². The Balaban J connectivity index is 2.67. The zero-order valence-electron chi connectivity index (χ0n) is 16.0. The van der Waals surface area contributed by atoms with Crippen LogP contribution in [0.25, 0.3) is 11.5 Å². The van der Waals surface area contributed by atoms with Gasteiger partial charge in [0.25, 0.3) is 5.89 Å². The summed E-state index contributed by atoms with van der Waals surface area (Å²) in [5.74, 6) is 1.71. The summed E-state index contributed by atoms with van der Waals surface area (Å²) < 4.78 is 16.1. The summed E-state index contributed by atoms with van der Waals surface area (Å²) in [5, 5.41) is 3.95. The fraction of sp³-hybridized carbons (Fsp3) is 0.579. The number of hydrogen-bond donors (Lipinski definition) is 0. The van der Waals surface area contributed by atoms with E-state index in [2.05, 4.69) is 63.8 Å². The Labute approximate surface area is 144 Å². The summed E-state index contributed by atoms with van der Waals surface area (Å²) >= 11 is 0. The molecule has 0 unspecified atom stereocenters. The molecule has 2 aromatic rings. The molecular weight excluding hydrogens is 304 g/mol. The quantitative estimate of drug-likeness (QED) is 0.826. The highest BCUT2D eigenvalue weighted by atomic mass is 16.5. The zero-order chi connectivity index (χ0) is 18.1. The van der Waals surface area contributed by atoms with Gasteiger partial charge in [-0.05, 0) is 34.1 Å². The normalized spacial score (nSPS) is 12.5. The van der Waals surface area contributed by atoms with Crippen molar-refractivity contribution in [1.82, 2.24) is 10.1 Å². The van der Waals surface area contributed by atoms with Gasteiger partial charge in [0.15, 0.2) is 5.82 Å². The van der Waals surface area contributed by atoms with Crippen LogP contribution in [0.5, 0.6) is 5.75 Å². The number of methoxy groups -OCH3 is 2. The zero-order valence-corrected chi connectivity index (χ0v) is 16.0. The molecule has 5 nitrogen and oxygen atoms in total. The number of nitrogens with zero attached hydrogens (tertiary/aromatic N) is 2. The second-order valence-corrected chi connectivity index (χ2v) is 8.05. The van der Waals surface area contributed by atoms with Gasteiger partial charge in [0.2, 0.25) is 0 Å². The predicted molar refractivity (Wildman–Crippen MR) is 94.4 cm³/mol. The van der Waals surface area contributed by atoms with E-state index in [9.17, 15) is 0 Å². The molecule has 0 saturated heterocycles. The molecule has 0 saturated carbocycles. The standard InChI is InChI=1S/C19H28N2O3/c1-18(2,3)13-9-12(17-20-16(11-22-7)21-24-17)15(23-8)10-14(13)19(4,5)6/h9-10H,11H2,1-8H3. The van der Waals surface area contributed by atoms with Gasteiger partial charge in [0, 0.05) is 7.11 Å². The smallest absolute Gasteiger partial charge is 0.261 e. The number of ether oxygens (including phenoxy) is 2. The molecule has 0 aliphatic carbocycles. The Hall–Kier alpha value is -1.88. The molecule has 1 aromatic carbocycles. The highest BCUT2D eigenvalue weighted by Gasteiger charge is 2.28. The van der Waals surface area contributed by atoms with Crippen LogP contribution in [0.3, 0.4) is 0 Å². The maximum atomic E-state index is 5.61. The molecule has 0 fully saturated rings. The van der Waals surface area contributed by atoms with Crippen LogP contribution in [0.2, 0.25) is 0 Å². The van der Waals surface area contributed by atoms with Crippen LogP contribution in [-0.2, 0) is 22.2 Å². The van der Waals surface area contributed by atoms with E-state index in [1.807, 2.05) is 0 Å². The Kier molecular flexibility index (Phi) is 5.04. The summed E-state index contributed by atoms with van der Waals surface area (Å²) in [5.41, 5.74) is 3.30. The number of aromatic nitrogens is 2. The molecule has 0 spiro atoms. The van der Waals surface area contributed by atoms with Crippen LogP contribution in [0, 0.1) is 0 Å². The summed E-state index contributed by atoms with van der Waals surface area (Å²) in [6, 6.07) is 4.21. The largest absolute Gasteiger partial charge is 0.496 e. The van der Waals surface area contributed by atoms with Gasteiger partial charge < -0.3 is 14.0 Å². The second-order valence-electron chi connectivity index (χ2n) is 8.05. The Morgan fingerprint density at radius 2 is 1.54 bits per heavy atom. The van der Waals surface area contributed by atoms with Gasteiger partial charge in [-0.15, -0.1) is 0 Å². The highest BCUT2D eigenvalue weighted by molar-refractivity contribution is 5.66. The number of hydrogen-bond acceptors (Lipinski definition) is 5. The van der Waals surface area contributed by atoms with E-state index >= 15 is 0 Å². The van der Waals surface area contributed by atoms with Gasteiger partial charge in [-0.25, -0.2) is 0 Å². The lowest BCUT2D eigenvalue weighted by atomic mass is 9.74. The molecule has 0 aliphatic heterocycles. The van der Waals surface area contributed by atoms with Gasteiger partial charge in [-0.2, -0.15) is 4.98 Å². The maximum Gasteiger partial charge on any atom is 0.261 e. The van der Waals surface area contributed by atoms with Crippen molar-refractivity contribution in [3.63, 3.8) is 0 Å². The first-order valence-corrected chi connectivity index (χ1v) is 8.13. The van der Waals surface area contributed by atoms with Crippen molar-refractivity contribution in [1.29, 1.82) is 0 Å². The maximum absolute atomic E-state index is 5.61. The Bertz CT molecular complexity index is 706. The van der Waals surface area contributed by atoms with Crippen LogP contribution in [-0.4, -0.2) is 24.4 Å². The first kappa shape index (κ1) is 18.5.